The van der Waals surface area contributed by atoms with Gasteiger partial charge in [0.1, 0.15) is 5.82 Å². The van der Waals surface area contributed by atoms with Gasteiger partial charge in [-0.2, -0.15) is 0 Å². The number of nitrogens with zero attached hydrogens (tertiary/aromatic N) is 2. The summed E-state index contributed by atoms with van der Waals surface area (Å²) in [5, 5.41) is 1.03. The highest BCUT2D eigenvalue weighted by molar-refractivity contribution is 8.00. The van der Waals surface area contributed by atoms with Crippen molar-refractivity contribution in [2.45, 2.75) is 22.6 Å². The molecule has 0 spiro atoms. The molecular formula is C24H18FN3O3S2. The molecule has 2 aromatic heterocycles. The molecule has 2 bridgehead atoms. The molecule has 7 rings (SSSR count). The summed E-state index contributed by atoms with van der Waals surface area (Å²) in [4.78, 5) is 48.8. The average Bonchev–Trinajstić information content (AvgIpc) is 3.54. The maximum Gasteiger partial charge on any atom is 0.305 e. The Labute approximate surface area is 196 Å². The van der Waals surface area contributed by atoms with Crippen LogP contribution in [0, 0.1) is 35.4 Å². The standard InChI is InChI=1S/C24H18FN3O3S2/c25-11-3-5-12(6-4-11)28-22(29)17-13-8-14(18(17)23(28)30)19-16(13)15(10-2-1-7-26-9-10)20-21(32-19)27-24(31)33-20/h1-7,9,13-19H,8H2,(H,27,31)/t13-,14-,15-,16-,17+,18-,19+/m1/s1. The lowest BCUT2D eigenvalue weighted by molar-refractivity contribution is -0.123. The fourth-order valence-corrected chi connectivity index (χ4v) is 9.68. The number of thioether (sulfide) groups is 1. The van der Waals surface area contributed by atoms with Gasteiger partial charge >= 0.3 is 4.87 Å². The van der Waals surface area contributed by atoms with Crippen LogP contribution in [0.1, 0.15) is 22.8 Å². The third kappa shape index (κ3) is 2.60. The second kappa shape index (κ2) is 6.87. The Morgan fingerprint density at radius 1 is 1.03 bits per heavy atom. The largest absolute Gasteiger partial charge is 0.307 e. The molecule has 2 aliphatic heterocycles. The normalized spacial score (nSPS) is 33.8. The zero-order valence-electron chi connectivity index (χ0n) is 17.2. The summed E-state index contributed by atoms with van der Waals surface area (Å²) in [6, 6.07) is 9.49. The molecule has 1 saturated heterocycles. The molecule has 4 aliphatic rings. The topological polar surface area (TPSA) is 83.1 Å². The highest BCUT2D eigenvalue weighted by Gasteiger charge is 2.69. The van der Waals surface area contributed by atoms with Crippen molar-refractivity contribution in [3.63, 3.8) is 0 Å². The smallest absolute Gasteiger partial charge is 0.305 e. The van der Waals surface area contributed by atoms with Gasteiger partial charge in [0.15, 0.2) is 0 Å². The first-order valence-corrected chi connectivity index (χ1v) is 12.7. The van der Waals surface area contributed by atoms with Crippen molar-refractivity contribution in [1.82, 2.24) is 9.97 Å². The second-order valence-electron chi connectivity index (χ2n) is 9.24. The number of nitrogens with one attached hydrogen (secondary N) is 1. The van der Waals surface area contributed by atoms with E-state index in [2.05, 4.69) is 9.97 Å². The minimum absolute atomic E-state index is 0.0253. The van der Waals surface area contributed by atoms with Crippen LogP contribution in [-0.4, -0.2) is 27.0 Å². The van der Waals surface area contributed by atoms with Crippen molar-refractivity contribution in [2.24, 2.45) is 29.6 Å². The minimum Gasteiger partial charge on any atom is -0.307 e. The number of amides is 2. The Morgan fingerprint density at radius 2 is 1.79 bits per heavy atom. The Morgan fingerprint density at radius 3 is 2.52 bits per heavy atom. The fraction of sp³-hybridized carbons (Fsp3) is 0.333. The summed E-state index contributed by atoms with van der Waals surface area (Å²) in [6.07, 6.45) is 4.42. The molecule has 4 heterocycles. The number of hydrogen-bond donors (Lipinski definition) is 1. The number of hydrogen-bond acceptors (Lipinski definition) is 6. The highest BCUT2D eigenvalue weighted by atomic mass is 32.2. The summed E-state index contributed by atoms with van der Waals surface area (Å²) in [7, 11) is 0. The van der Waals surface area contributed by atoms with Gasteiger partial charge in [0.05, 0.1) is 22.5 Å². The van der Waals surface area contributed by atoms with E-state index < -0.39 is 5.82 Å². The van der Waals surface area contributed by atoms with Gasteiger partial charge in [0.25, 0.3) is 0 Å². The average molecular weight is 480 g/mol. The predicted molar refractivity (Wildman–Crippen MR) is 122 cm³/mol. The summed E-state index contributed by atoms with van der Waals surface area (Å²) < 4.78 is 13.4. The highest BCUT2D eigenvalue weighted by Crippen LogP contribution is 2.68. The van der Waals surface area contributed by atoms with Crippen molar-refractivity contribution in [1.29, 1.82) is 0 Å². The molecule has 2 saturated carbocycles. The monoisotopic (exact) mass is 479 g/mol. The number of carbonyl (C=O) groups excluding carboxylic acids is 2. The molecule has 3 fully saturated rings. The molecule has 3 aromatic rings. The van der Waals surface area contributed by atoms with Gasteiger partial charge in [-0.05, 0) is 60.1 Å². The number of carbonyl (C=O) groups is 2. The number of fused-ring (bicyclic) bond motifs is 9. The first-order chi connectivity index (χ1) is 16.0. The molecule has 9 heteroatoms. The third-order valence-corrected chi connectivity index (χ3v) is 10.4. The Balaban J connectivity index is 1.33. The summed E-state index contributed by atoms with van der Waals surface area (Å²) >= 11 is 2.90. The number of H-pyrrole nitrogens is 1. The van der Waals surface area contributed by atoms with E-state index in [1.807, 2.05) is 18.3 Å². The van der Waals surface area contributed by atoms with Crippen molar-refractivity contribution < 1.29 is 14.0 Å². The Kier molecular flexibility index (Phi) is 4.09. The zero-order valence-corrected chi connectivity index (χ0v) is 18.8. The van der Waals surface area contributed by atoms with Crippen LogP contribution in [0.4, 0.5) is 10.1 Å². The lowest BCUT2D eigenvalue weighted by Crippen LogP contribution is -2.42. The Hall–Kier alpha value is -2.78. The van der Waals surface area contributed by atoms with Gasteiger partial charge in [0, 0.05) is 28.4 Å². The van der Waals surface area contributed by atoms with E-state index >= 15 is 0 Å². The first kappa shape index (κ1) is 19.7. The molecule has 0 unspecified atom stereocenters. The number of aromatic amines is 1. The van der Waals surface area contributed by atoms with E-state index in [0.29, 0.717) is 5.69 Å². The van der Waals surface area contributed by atoms with Crippen LogP contribution in [0.5, 0.6) is 0 Å². The first-order valence-electron chi connectivity index (χ1n) is 11.0. The lowest BCUT2D eigenvalue weighted by atomic mass is 9.68. The number of thiazole rings is 1. The van der Waals surface area contributed by atoms with Crippen molar-refractivity contribution >= 4 is 40.6 Å². The Bertz CT molecular complexity index is 1360. The van der Waals surface area contributed by atoms with Crippen molar-refractivity contribution in [3.8, 4) is 0 Å². The minimum atomic E-state index is -0.403. The van der Waals surface area contributed by atoms with E-state index in [1.165, 1.54) is 40.5 Å². The number of benzene rings is 1. The van der Waals surface area contributed by atoms with Crippen LogP contribution in [0.15, 0.2) is 58.6 Å². The van der Waals surface area contributed by atoms with Crippen LogP contribution in [0.25, 0.3) is 0 Å². The van der Waals surface area contributed by atoms with Crippen molar-refractivity contribution in [3.05, 3.63) is 74.7 Å². The van der Waals surface area contributed by atoms with Gasteiger partial charge < -0.3 is 4.98 Å². The number of anilines is 1. The second-order valence-corrected chi connectivity index (χ2v) is 11.4. The summed E-state index contributed by atoms with van der Waals surface area (Å²) in [6.45, 7) is 0. The summed E-state index contributed by atoms with van der Waals surface area (Å²) in [5.74, 6) is -1.25. The molecule has 7 atom stereocenters. The van der Waals surface area contributed by atoms with Crippen LogP contribution < -0.4 is 9.77 Å². The van der Waals surface area contributed by atoms with Gasteiger partial charge in [-0.25, -0.2) is 4.39 Å². The lowest BCUT2D eigenvalue weighted by Gasteiger charge is -2.42. The maximum atomic E-state index is 13.6. The number of halogens is 1. The SMILES string of the molecule is O=C1[C@@H]2[C@H]3C[C@@H]([C@@H]2C(=O)N1c1ccc(F)cc1)[C@@H]1[C@@H](c2cccnc2)c2sc(=O)[nH]c2S[C@@H]31. The van der Waals surface area contributed by atoms with E-state index in [4.69, 9.17) is 0 Å². The van der Waals surface area contributed by atoms with Gasteiger partial charge in [-0.3, -0.25) is 24.3 Å². The molecule has 6 nitrogen and oxygen atoms in total. The zero-order chi connectivity index (χ0) is 22.4. The van der Waals surface area contributed by atoms with Gasteiger partial charge in [0.2, 0.25) is 11.8 Å². The van der Waals surface area contributed by atoms with Crippen molar-refractivity contribution in [2.75, 3.05) is 4.90 Å². The van der Waals surface area contributed by atoms with Gasteiger partial charge in [-0.1, -0.05) is 17.4 Å². The fourth-order valence-electron chi connectivity index (χ4n) is 6.79. The van der Waals surface area contributed by atoms with E-state index in [-0.39, 0.29) is 57.4 Å². The van der Waals surface area contributed by atoms with Crippen LogP contribution in [-0.2, 0) is 9.59 Å². The predicted octanol–water partition coefficient (Wildman–Crippen LogP) is 3.65. The summed E-state index contributed by atoms with van der Waals surface area (Å²) in [5.41, 5.74) is 1.48. The van der Waals surface area contributed by atoms with Crippen LogP contribution >= 0.6 is 23.1 Å². The van der Waals surface area contributed by atoms with E-state index in [0.717, 1.165) is 21.9 Å². The van der Waals surface area contributed by atoms with Crippen LogP contribution in [0.3, 0.4) is 0 Å². The molecule has 2 aliphatic carbocycles. The van der Waals surface area contributed by atoms with Crippen LogP contribution in [0.2, 0.25) is 0 Å². The van der Waals surface area contributed by atoms with Gasteiger partial charge in [-0.15, -0.1) is 11.8 Å². The molecular weight excluding hydrogens is 461 g/mol. The molecule has 0 radical (unpaired) electrons. The number of aromatic nitrogens is 2. The number of imide groups is 1. The third-order valence-electron chi connectivity index (χ3n) is 7.85. The molecule has 1 N–H and O–H groups in total. The molecule has 33 heavy (non-hydrogen) atoms. The van der Waals surface area contributed by atoms with E-state index in [9.17, 15) is 18.8 Å². The van der Waals surface area contributed by atoms with E-state index in [1.54, 1.807) is 18.0 Å². The molecule has 2 amide bonds. The maximum absolute atomic E-state index is 13.6. The molecule has 1 aromatic carbocycles. The number of pyridine rings is 1. The quantitative estimate of drug-likeness (QED) is 0.568. The number of rotatable bonds is 2. The molecule has 166 valence electrons.